The molecule has 0 spiro atoms. The van der Waals surface area contributed by atoms with Crippen LogP contribution in [-0.2, 0) is 10.0 Å². The van der Waals surface area contributed by atoms with Crippen LogP contribution in [0.25, 0.3) is 0 Å². The fraction of sp³-hybridized carbons (Fsp3) is 0.353. The first kappa shape index (κ1) is 17.1. The maximum absolute atomic E-state index is 12.5. The number of hydrogen-bond donors (Lipinski definition) is 1. The molecule has 128 valence electrons. The first-order chi connectivity index (χ1) is 11.4. The smallest absolute Gasteiger partial charge is 0.256 e. The third-order valence-electron chi connectivity index (χ3n) is 4.22. The van der Waals surface area contributed by atoms with Gasteiger partial charge in [0.25, 0.3) is 5.91 Å². The molecule has 2 aromatic rings. The summed E-state index contributed by atoms with van der Waals surface area (Å²) in [4.78, 5) is 13.7. The minimum absolute atomic E-state index is 0.235. The number of carbonyl (C=O) groups is 1. The van der Waals surface area contributed by atoms with Crippen LogP contribution in [0.2, 0.25) is 0 Å². The van der Waals surface area contributed by atoms with Crippen molar-refractivity contribution in [3.05, 3.63) is 46.3 Å². The lowest BCUT2D eigenvalue weighted by Gasteiger charge is -2.15. The van der Waals surface area contributed by atoms with Crippen molar-refractivity contribution in [3.8, 4) is 0 Å². The van der Waals surface area contributed by atoms with E-state index < -0.39 is 10.0 Å². The van der Waals surface area contributed by atoms with Crippen LogP contribution in [0, 0.1) is 13.8 Å². The van der Waals surface area contributed by atoms with Crippen LogP contribution in [0.5, 0.6) is 0 Å². The first-order valence-corrected chi connectivity index (χ1v) is 10.1. The van der Waals surface area contributed by atoms with Crippen molar-refractivity contribution in [1.29, 1.82) is 0 Å². The third-order valence-corrected chi connectivity index (χ3v) is 7.20. The molecule has 24 heavy (non-hydrogen) atoms. The average molecular weight is 364 g/mol. The van der Waals surface area contributed by atoms with Gasteiger partial charge in [-0.3, -0.25) is 4.79 Å². The molecule has 0 aliphatic carbocycles. The standard InChI is InChI=1S/C17H20N2O3S2/c1-12-11-16(23-13(12)2)18-17(20)14-5-7-15(8-6-14)24(21,22)19-9-3-4-10-19/h5-8,11H,3-4,9-10H2,1-2H3,(H,18,20). The van der Waals surface area contributed by atoms with Crippen LogP contribution >= 0.6 is 11.3 Å². The minimum atomic E-state index is -3.44. The maximum Gasteiger partial charge on any atom is 0.256 e. The van der Waals surface area contributed by atoms with Crippen LogP contribution in [0.3, 0.4) is 0 Å². The quantitative estimate of drug-likeness (QED) is 0.904. The molecule has 0 unspecified atom stereocenters. The van der Waals surface area contributed by atoms with Gasteiger partial charge in [0.2, 0.25) is 10.0 Å². The van der Waals surface area contributed by atoms with Gasteiger partial charge in [-0.15, -0.1) is 11.3 Å². The number of nitrogens with zero attached hydrogens (tertiary/aromatic N) is 1. The highest BCUT2D eigenvalue weighted by Crippen LogP contribution is 2.26. The number of anilines is 1. The van der Waals surface area contributed by atoms with E-state index in [1.807, 2.05) is 19.9 Å². The number of sulfonamides is 1. The predicted octanol–water partition coefficient (Wildman–Crippen LogP) is 3.40. The second-order valence-electron chi connectivity index (χ2n) is 5.94. The van der Waals surface area contributed by atoms with Gasteiger partial charge in [-0.2, -0.15) is 4.31 Å². The molecule has 3 rings (SSSR count). The van der Waals surface area contributed by atoms with Gasteiger partial charge in [0.05, 0.1) is 9.90 Å². The fourth-order valence-electron chi connectivity index (χ4n) is 2.67. The monoisotopic (exact) mass is 364 g/mol. The normalized spacial score (nSPS) is 15.6. The summed E-state index contributed by atoms with van der Waals surface area (Å²) in [5, 5.41) is 3.65. The molecule has 0 saturated carbocycles. The summed E-state index contributed by atoms with van der Waals surface area (Å²) in [5.74, 6) is -0.235. The van der Waals surface area contributed by atoms with Crippen molar-refractivity contribution in [2.75, 3.05) is 18.4 Å². The summed E-state index contributed by atoms with van der Waals surface area (Å²) in [7, 11) is -3.44. The molecule has 2 heterocycles. The van der Waals surface area contributed by atoms with Crippen molar-refractivity contribution >= 4 is 32.3 Å². The zero-order chi connectivity index (χ0) is 17.3. The van der Waals surface area contributed by atoms with Gasteiger partial charge < -0.3 is 5.32 Å². The molecule has 7 heteroatoms. The van der Waals surface area contributed by atoms with Crippen LogP contribution in [-0.4, -0.2) is 31.7 Å². The number of aryl methyl sites for hydroxylation is 2. The number of nitrogens with one attached hydrogen (secondary N) is 1. The summed E-state index contributed by atoms with van der Waals surface area (Å²) in [6.45, 7) is 5.15. The molecule has 1 saturated heterocycles. The summed E-state index contributed by atoms with van der Waals surface area (Å²) in [6.07, 6.45) is 1.80. The van der Waals surface area contributed by atoms with Crippen molar-refractivity contribution < 1.29 is 13.2 Å². The lowest BCUT2D eigenvalue weighted by Crippen LogP contribution is -2.27. The van der Waals surface area contributed by atoms with E-state index in [-0.39, 0.29) is 10.8 Å². The van der Waals surface area contributed by atoms with Crippen LogP contribution in [0.4, 0.5) is 5.00 Å². The fourth-order valence-corrected chi connectivity index (χ4v) is 5.12. The van der Waals surface area contributed by atoms with Crippen molar-refractivity contribution in [2.24, 2.45) is 0 Å². The molecule has 1 aliphatic heterocycles. The van der Waals surface area contributed by atoms with E-state index in [4.69, 9.17) is 0 Å². The van der Waals surface area contributed by atoms with E-state index in [1.165, 1.54) is 27.8 Å². The van der Waals surface area contributed by atoms with Crippen molar-refractivity contribution in [1.82, 2.24) is 4.31 Å². The Morgan fingerprint density at radius 1 is 1.12 bits per heavy atom. The number of benzene rings is 1. The lowest BCUT2D eigenvalue weighted by atomic mass is 10.2. The molecule has 1 fully saturated rings. The zero-order valence-corrected chi connectivity index (χ0v) is 15.3. The molecular weight excluding hydrogens is 344 g/mol. The highest BCUT2D eigenvalue weighted by atomic mass is 32.2. The van der Waals surface area contributed by atoms with Gasteiger partial charge in [0, 0.05) is 23.5 Å². The number of rotatable bonds is 4. The van der Waals surface area contributed by atoms with Gasteiger partial charge in [-0.25, -0.2) is 8.42 Å². The SMILES string of the molecule is Cc1cc(NC(=O)c2ccc(S(=O)(=O)N3CCCC3)cc2)sc1C. The van der Waals surface area contributed by atoms with E-state index >= 15 is 0 Å². The number of thiophene rings is 1. The zero-order valence-electron chi connectivity index (χ0n) is 13.7. The summed E-state index contributed by atoms with van der Waals surface area (Å²) in [6, 6.07) is 8.07. The van der Waals surface area contributed by atoms with E-state index in [0.717, 1.165) is 28.3 Å². The van der Waals surface area contributed by atoms with Gasteiger partial charge in [-0.05, 0) is 62.6 Å². The van der Waals surface area contributed by atoms with Crippen molar-refractivity contribution in [2.45, 2.75) is 31.6 Å². The molecule has 1 amide bonds. The Bertz CT molecular complexity index is 829. The average Bonchev–Trinajstić information content (AvgIpc) is 3.19. The molecule has 0 radical (unpaired) electrons. The van der Waals surface area contributed by atoms with Crippen molar-refractivity contribution in [3.63, 3.8) is 0 Å². The molecular formula is C17H20N2O3S2. The predicted molar refractivity (Wildman–Crippen MR) is 96.2 cm³/mol. The Kier molecular flexibility index (Phi) is 4.76. The molecule has 1 N–H and O–H groups in total. The summed E-state index contributed by atoms with van der Waals surface area (Å²) < 4.78 is 26.4. The Morgan fingerprint density at radius 2 is 1.75 bits per heavy atom. The highest BCUT2D eigenvalue weighted by molar-refractivity contribution is 7.89. The topological polar surface area (TPSA) is 66.5 Å². The highest BCUT2D eigenvalue weighted by Gasteiger charge is 2.27. The van der Waals surface area contributed by atoms with Gasteiger partial charge in [0.1, 0.15) is 0 Å². The number of hydrogen-bond acceptors (Lipinski definition) is 4. The van der Waals surface area contributed by atoms with E-state index in [0.29, 0.717) is 18.7 Å². The Labute approximate surface area is 146 Å². The van der Waals surface area contributed by atoms with Crippen LogP contribution in [0.15, 0.2) is 35.2 Å². The lowest BCUT2D eigenvalue weighted by molar-refractivity contribution is 0.102. The third kappa shape index (κ3) is 3.38. The van der Waals surface area contributed by atoms with Gasteiger partial charge >= 0.3 is 0 Å². The van der Waals surface area contributed by atoms with Gasteiger partial charge in [0.15, 0.2) is 0 Å². The molecule has 1 aromatic carbocycles. The summed E-state index contributed by atoms with van der Waals surface area (Å²) >= 11 is 1.53. The Hall–Kier alpha value is -1.70. The maximum atomic E-state index is 12.5. The first-order valence-electron chi connectivity index (χ1n) is 7.86. The van der Waals surface area contributed by atoms with E-state index in [9.17, 15) is 13.2 Å². The molecule has 1 aromatic heterocycles. The second kappa shape index (κ2) is 6.66. The molecule has 5 nitrogen and oxygen atoms in total. The van der Waals surface area contributed by atoms with Crippen LogP contribution in [0.1, 0.15) is 33.6 Å². The van der Waals surface area contributed by atoms with Crippen LogP contribution < -0.4 is 5.32 Å². The number of carbonyl (C=O) groups excluding carboxylic acids is 1. The largest absolute Gasteiger partial charge is 0.314 e. The number of amides is 1. The molecule has 1 aliphatic rings. The Morgan fingerprint density at radius 3 is 2.29 bits per heavy atom. The van der Waals surface area contributed by atoms with E-state index in [1.54, 1.807) is 12.1 Å². The minimum Gasteiger partial charge on any atom is -0.314 e. The molecule has 0 atom stereocenters. The molecule has 0 bridgehead atoms. The summed E-state index contributed by atoms with van der Waals surface area (Å²) in [5.41, 5.74) is 1.58. The Balaban J connectivity index is 1.75. The second-order valence-corrected chi connectivity index (χ2v) is 9.13. The van der Waals surface area contributed by atoms with Gasteiger partial charge in [-0.1, -0.05) is 0 Å². The van der Waals surface area contributed by atoms with E-state index in [2.05, 4.69) is 5.32 Å².